The zero-order chi connectivity index (χ0) is 23.9. The summed E-state index contributed by atoms with van der Waals surface area (Å²) in [6, 6.07) is 14.8. The maximum Gasteiger partial charge on any atom is 0.169 e. The third-order valence-corrected chi connectivity index (χ3v) is 6.67. The maximum atomic E-state index is 2.32. The van der Waals surface area contributed by atoms with Crippen LogP contribution in [0.15, 0.2) is 67.0 Å². The number of hydrogen-bond acceptors (Lipinski definition) is 0. The van der Waals surface area contributed by atoms with Crippen LogP contribution in [0.4, 0.5) is 0 Å². The van der Waals surface area contributed by atoms with Crippen LogP contribution < -0.4 is 4.57 Å². The lowest BCUT2D eigenvalue weighted by molar-refractivity contribution is -0.697. The molecule has 1 heteroatoms. The van der Waals surface area contributed by atoms with Crippen molar-refractivity contribution in [3.8, 4) is 0 Å². The minimum Gasteiger partial charge on any atom is -0.205 e. The largest absolute Gasteiger partial charge is 0.205 e. The molecule has 186 valence electrons. The molecule has 0 N–H and O–H groups in total. The fraction of sp³-hybridized carbons (Fsp3) is 0.545. The van der Waals surface area contributed by atoms with E-state index in [4.69, 9.17) is 0 Å². The monoisotopic (exact) mass is 460 g/mol. The molecule has 0 radical (unpaired) electrons. The van der Waals surface area contributed by atoms with Crippen LogP contribution >= 0.6 is 0 Å². The standard InChI is InChI=1S/C33H50N/c1-2-3-4-5-6-7-8-9-10-11-12-13-14-15-16-22-29-34-30-27-33(28-31-34)26-21-20-25-32-23-18-17-19-24-32/h17-21,23-28,30-31H,2-16,22,29H2,1H3/q+1. The Morgan fingerprint density at radius 2 is 0.912 bits per heavy atom. The average molecular weight is 461 g/mol. The maximum absolute atomic E-state index is 2.32. The summed E-state index contributed by atoms with van der Waals surface area (Å²) in [5, 5.41) is 0. The van der Waals surface area contributed by atoms with Crippen LogP contribution in [-0.2, 0) is 6.54 Å². The van der Waals surface area contributed by atoms with Crippen LogP contribution in [0.3, 0.4) is 0 Å². The number of benzene rings is 1. The SMILES string of the molecule is CCCCCCCCCCCCCCCCCC[n+]1ccc(C=CC=Cc2ccccc2)cc1. The number of aromatic nitrogens is 1. The summed E-state index contributed by atoms with van der Waals surface area (Å²) in [5.41, 5.74) is 2.48. The first kappa shape index (κ1) is 28.1. The van der Waals surface area contributed by atoms with E-state index in [1.54, 1.807) is 0 Å². The highest BCUT2D eigenvalue weighted by molar-refractivity contribution is 5.56. The Labute approximate surface area is 211 Å². The molecule has 1 aromatic heterocycles. The third-order valence-electron chi connectivity index (χ3n) is 6.67. The molecule has 0 fully saturated rings. The molecule has 0 bridgehead atoms. The summed E-state index contributed by atoms with van der Waals surface area (Å²) in [5.74, 6) is 0. The van der Waals surface area contributed by atoms with Crippen molar-refractivity contribution in [3.05, 3.63) is 78.1 Å². The summed E-state index contributed by atoms with van der Waals surface area (Å²) in [4.78, 5) is 0. The van der Waals surface area contributed by atoms with Gasteiger partial charge in [-0.3, -0.25) is 0 Å². The molecular formula is C33H50N+. The van der Waals surface area contributed by atoms with E-state index < -0.39 is 0 Å². The zero-order valence-corrected chi connectivity index (χ0v) is 22.0. The lowest BCUT2D eigenvalue weighted by atomic mass is 10.0. The van der Waals surface area contributed by atoms with E-state index in [1.165, 1.54) is 114 Å². The van der Waals surface area contributed by atoms with Gasteiger partial charge in [0, 0.05) is 18.6 Å². The smallest absolute Gasteiger partial charge is 0.169 e. The fourth-order valence-electron chi connectivity index (χ4n) is 4.47. The Bertz CT molecular complexity index is 757. The zero-order valence-electron chi connectivity index (χ0n) is 22.0. The molecule has 1 heterocycles. The molecular weight excluding hydrogens is 410 g/mol. The van der Waals surface area contributed by atoms with Gasteiger partial charge < -0.3 is 0 Å². The fourth-order valence-corrected chi connectivity index (χ4v) is 4.47. The summed E-state index contributed by atoms with van der Waals surface area (Å²) in [6.07, 6.45) is 35.8. The average Bonchev–Trinajstić information content (AvgIpc) is 2.88. The van der Waals surface area contributed by atoms with Gasteiger partial charge in [0.1, 0.15) is 6.54 Å². The van der Waals surface area contributed by atoms with Gasteiger partial charge in [-0.15, -0.1) is 0 Å². The molecule has 0 saturated carbocycles. The van der Waals surface area contributed by atoms with Gasteiger partial charge in [0.05, 0.1) is 0 Å². The lowest BCUT2D eigenvalue weighted by Gasteiger charge is -2.03. The first-order chi connectivity index (χ1) is 16.9. The molecule has 0 atom stereocenters. The molecule has 0 amide bonds. The Hall–Kier alpha value is -2.15. The number of hydrogen-bond donors (Lipinski definition) is 0. The van der Waals surface area contributed by atoms with Crippen LogP contribution in [0.5, 0.6) is 0 Å². The van der Waals surface area contributed by atoms with Crippen molar-refractivity contribution >= 4 is 12.2 Å². The molecule has 2 aromatic rings. The predicted molar refractivity (Wildman–Crippen MR) is 151 cm³/mol. The van der Waals surface area contributed by atoms with Crippen molar-refractivity contribution in [1.29, 1.82) is 0 Å². The molecule has 1 nitrogen and oxygen atoms in total. The third kappa shape index (κ3) is 14.9. The van der Waals surface area contributed by atoms with Gasteiger partial charge in [0.25, 0.3) is 0 Å². The second-order valence-corrected chi connectivity index (χ2v) is 9.80. The van der Waals surface area contributed by atoms with Gasteiger partial charge in [0.2, 0.25) is 0 Å². The Morgan fingerprint density at radius 1 is 0.500 bits per heavy atom. The van der Waals surface area contributed by atoms with Crippen molar-refractivity contribution in [3.63, 3.8) is 0 Å². The van der Waals surface area contributed by atoms with Crippen LogP contribution in [0.25, 0.3) is 12.2 Å². The number of rotatable bonds is 20. The van der Waals surface area contributed by atoms with Gasteiger partial charge in [-0.1, -0.05) is 151 Å². The first-order valence-corrected chi connectivity index (χ1v) is 14.3. The van der Waals surface area contributed by atoms with Crippen LogP contribution in [0.1, 0.15) is 121 Å². The molecule has 2 rings (SSSR count). The predicted octanol–water partition coefficient (Wildman–Crippen LogP) is 9.96. The van der Waals surface area contributed by atoms with Gasteiger partial charge >= 0.3 is 0 Å². The summed E-state index contributed by atoms with van der Waals surface area (Å²) in [7, 11) is 0. The number of pyridine rings is 1. The van der Waals surface area contributed by atoms with E-state index in [-0.39, 0.29) is 0 Å². The molecule has 0 spiro atoms. The Balaban J connectivity index is 1.40. The second kappa shape index (κ2) is 20.2. The number of nitrogens with zero attached hydrogens (tertiary/aromatic N) is 1. The van der Waals surface area contributed by atoms with Crippen LogP contribution in [0.2, 0.25) is 0 Å². The van der Waals surface area contributed by atoms with Crippen molar-refractivity contribution < 1.29 is 4.57 Å². The van der Waals surface area contributed by atoms with Crippen molar-refractivity contribution in [1.82, 2.24) is 0 Å². The van der Waals surface area contributed by atoms with Gasteiger partial charge in [-0.2, -0.15) is 0 Å². The number of aryl methyl sites for hydroxylation is 1. The van der Waals surface area contributed by atoms with Gasteiger partial charge in [-0.25, -0.2) is 4.57 Å². The van der Waals surface area contributed by atoms with Crippen molar-refractivity contribution in [2.45, 2.75) is 116 Å². The first-order valence-electron chi connectivity index (χ1n) is 14.3. The topological polar surface area (TPSA) is 3.88 Å². The molecule has 1 aromatic carbocycles. The highest BCUT2D eigenvalue weighted by atomic mass is 14.9. The van der Waals surface area contributed by atoms with Crippen LogP contribution in [-0.4, -0.2) is 0 Å². The minimum absolute atomic E-state index is 1.14. The summed E-state index contributed by atoms with van der Waals surface area (Å²) < 4.78 is 2.32. The van der Waals surface area contributed by atoms with E-state index in [2.05, 4.69) is 84.6 Å². The Morgan fingerprint density at radius 3 is 1.38 bits per heavy atom. The minimum atomic E-state index is 1.14. The summed E-state index contributed by atoms with van der Waals surface area (Å²) in [6.45, 7) is 3.43. The molecule has 34 heavy (non-hydrogen) atoms. The molecule has 0 saturated heterocycles. The molecule has 0 unspecified atom stereocenters. The van der Waals surface area contributed by atoms with Crippen molar-refractivity contribution in [2.75, 3.05) is 0 Å². The van der Waals surface area contributed by atoms with E-state index in [1.807, 2.05) is 6.07 Å². The number of allylic oxidation sites excluding steroid dienone is 2. The van der Waals surface area contributed by atoms with Crippen LogP contribution in [0, 0.1) is 0 Å². The highest BCUT2D eigenvalue weighted by Crippen LogP contribution is 2.13. The molecule has 0 aliphatic rings. The van der Waals surface area contributed by atoms with Crippen molar-refractivity contribution in [2.24, 2.45) is 0 Å². The molecule has 0 aliphatic heterocycles. The molecule has 0 aliphatic carbocycles. The van der Waals surface area contributed by atoms with E-state index >= 15 is 0 Å². The quantitative estimate of drug-likeness (QED) is 0.105. The normalized spacial score (nSPS) is 11.7. The second-order valence-electron chi connectivity index (χ2n) is 9.80. The summed E-state index contributed by atoms with van der Waals surface area (Å²) >= 11 is 0. The number of unbranched alkanes of at least 4 members (excludes halogenated alkanes) is 15. The highest BCUT2D eigenvalue weighted by Gasteiger charge is 2.00. The van der Waals surface area contributed by atoms with Gasteiger partial charge in [0.15, 0.2) is 12.4 Å². The van der Waals surface area contributed by atoms with E-state index in [0.717, 1.165) is 6.54 Å². The van der Waals surface area contributed by atoms with E-state index in [9.17, 15) is 0 Å². The van der Waals surface area contributed by atoms with E-state index in [0.29, 0.717) is 0 Å². The Kier molecular flexibility index (Phi) is 16.7. The van der Waals surface area contributed by atoms with Gasteiger partial charge in [-0.05, 0) is 17.5 Å². The lowest BCUT2D eigenvalue weighted by Crippen LogP contribution is -2.32.